The summed E-state index contributed by atoms with van der Waals surface area (Å²) in [4.78, 5) is 15.5. The van der Waals surface area contributed by atoms with Gasteiger partial charge >= 0.3 is 0 Å². The molecule has 0 fully saturated rings. The Balaban J connectivity index is 2.24. The summed E-state index contributed by atoms with van der Waals surface area (Å²) in [6.07, 6.45) is 2.04. The number of hydrogen-bond donors (Lipinski definition) is 0. The zero-order valence-corrected chi connectivity index (χ0v) is 21.0. The molecule has 0 atom stereocenters. The molecule has 4 aromatic carbocycles. The van der Waals surface area contributed by atoms with Crippen LogP contribution < -0.4 is 15.9 Å². The predicted molar refractivity (Wildman–Crippen MR) is 148 cm³/mol. The van der Waals surface area contributed by atoms with E-state index in [2.05, 4.69) is 86.6 Å². The lowest BCUT2D eigenvalue weighted by atomic mass is 10.0. The van der Waals surface area contributed by atoms with E-state index in [9.17, 15) is 4.79 Å². The van der Waals surface area contributed by atoms with Crippen molar-refractivity contribution in [3.63, 3.8) is 0 Å². The van der Waals surface area contributed by atoms with E-state index in [1.807, 2.05) is 48.7 Å². The van der Waals surface area contributed by atoms with Crippen LogP contribution in [0.15, 0.2) is 120 Å². The van der Waals surface area contributed by atoms with Crippen LogP contribution in [-0.2, 0) is 0 Å². The molecule has 4 rings (SSSR count). The molecule has 1 nitrogen and oxygen atoms in total. The van der Waals surface area contributed by atoms with E-state index in [-0.39, 0.29) is 11.7 Å². The maximum atomic E-state index is 14.5. The number of rotatable bonds is 7. The van der Waals surface area contributed by atoms with Crippen LogP contribution in [0.25, 0.3) is 0 Å². The summed E-state index contributed by atoms with van der Waals surface area (Å²) in [6, 6.07) is 39.9. The Morgan fingerprint density at radius 1 is 0.636 bits per heavy atom. The van der Waals surface area contributed by atoms with Gasteiger partial charge in [0.1, 0.15) is 0 Å². The maximum absolute atomic E-state index is 14.5. The molecule has 0 aliphatic heterocycles. The summed E-state index contributed by atoms with van der Waals surface area (Å²) in [5, 5.41) is 4.62. The summed E-state index contributed by atoms with van der Waals surface area (Å²) in [6.45, 7) is 1.92. The lowest BCUT2D eigenvalue weighted by Crippen LogP contribution is -2.36. The standard InChI is InChI=1S/C30H29OPS/c1-23(2)30(29(31)27-21-13-14-22-28(27)33-3)32(24-15-7-4-8-16-24,25-17-9-5-10-18-25)26-19-11-6-12-20-26/h4-23H,1-3H3. The molecule has 0 amide bonds. The first-order valence-electron chi connectivity index (χ1n) is 11.2. The quantitative estimate of drug-likeness (QED) is 0.177. The molecule has 0 unspecified atom stereocenters. The molecular weight excluding hydrogens is 439 g/mol. The lowest BCUT2D eigenvalue weighted by molar-refractivity contribution is 0.106. The normalized spacial score (nSPS) is 11.4. The van der Waals surface area contributed by atoms with E-state index in [0.717, 1.165) is 15.8 Å². The van der Waals surface area contributed by atoms with Crippen LogP contribution in [0.4, 0.5) is 0 Å². The molecule has 0 radical (unpaired) electrons. The van der Waals surface area contributed by atoms with E-state index in [0.29, 0.717) is 0 Å². The SMILES string of the molecule is CSc1ccccc1C(=O)C(C(C)C)=P(c1ccccc1)(c1ccccc1)c1ccccc1. The minimum atomic E-state index is -2.41. The maximum Gasteiger partial charge on any atom is 0.191 e. The third kappa shape index (κ3) is 4.38. The number of thioether (sulfide) groups is 1. The number of benzene rings is 4. The van der Waals surface area contributed by atoms with Gasteiger partial charge in [0.2, 0.25) is 0 Å². The number of hydrogen-bond acceptors (Lipinski definition) is 2. The van der Waals surface area contributed by atoms with Gasteiger partial charge in [0.25, 0.3) is 0 Å². The molecule has 3 heteroatoms. The van der Waals surface area contributed by atoms with E-state index in [4.69, 9.17) is 0 Å². The number of ketones is 1. The van der Waals surface area contributed by atoms with Crippen molar-refractivity contribution in [1.29, 1.82) is 0 Å². The topological polar surface area (TPSA) is 17.1 Å². The second-order valence-electron chi connectivity index (χ2n) is 8.25. The van der Waals surface area contributed by atoms with Crippen molar-refractivity contribution < 1.29 is 4.79 Å². The van der Waals surface area contributed by atoms with Crippen LogP contribution in [0.2, 0.25) is 0 Å². The first-order valence-corrected chi connectivity index (χ1v) is 14.2. The van der Waals surface area contributed by atoms with Gasteiger partial charge in [-0.1, -0.05) is 117 Å². The van der Waals surface area contributed by atoms with Gasteiger partial charge < -0.3 is 0 Å². The smallest absolute Gasteiger partial charge is 0.191 e. The van der Waals surface area contributed by atoms with Crippen LogP contribution >= 0.6 is 18.6 Å². The van der Waals surface area contributed by atoms with Gasteiger partial charge in [-0.2, -0.15) is 0 Å². The Labute approximate surface area is 201 Å². The third-order valence-electron chi connectivity index (χ3n) is 5.92. The van der Waals surface area contributed by atoms with Crippen LogP contribution in [0.5, 0.6) is 0 Å². The Morgan fingerprint density at radius 2 is 1.03 bits per heavy atom. The number of carbonyl (C=O) groups is 1. The second-order valence-corrected chi connectivity index (χ2v) is 12.5. The fourth-order valence-electron chi connectivity index (χ4n) is 4.59. The predicted octanol–water partition coefficient (Wildman–Crippen LogP) is 6.41. The van der Waals surface area contributed by atoms with E-state index >= 15 is 0 Å². The number of carbonyl (C=O) groups excluding carboxylic acids is 1. The van der Waals surface area contributed by atoms with Gasteiger partial charge in [-0.3, -0.25) is 4.79 Å². The summed E-state index contributed by atoms with van der Waals surface area (Å²) in [5.41, 5.74) is 0.792. The van der Waals surface area contributed by atoms with Gasteiger partial charge in [0, 0.05) is 15.8 Å². The van der Waals surface area contributed by atoms with E-state index in [1.54, 1.807) is 11.8 Å². The molecule has 0 aliphatic carbocycles. The zero-order valence-electron chi connectivity index (χ0n) is 19.3. The molecule has 0 heterocycles. The van der Waals surface area contributed by atoms with Crippen LogP contribution in [-0.4, -0.2) is 17.3 Å². The Bertz CT molecular complexity index is 1180. The molecule has 33 heavy (non-hydrogen) atoms. The minimum absolute atomic E-state index is 0.0707. The molecule has 4 aromatic rings. The third-order valence-corrected chi connectivity index (χ3v) is 11.4. The second kappa shape index (κ2) is 10.4. The Hall–Kier alpha value is -2.80. The van der Waals surface area contributed by atoms with Crippen LogP contribution in [0.3, 0.4) is 0 Å². The van der Waals surface area contributed by atoms with Crippen molar-refractivity contribution >= 4 is 45.6 Å². The Morgan fingerprint density at radius 3 is 1.42 bits per heavy atom. The fourth-order valence-corrected chi connectivity index (χ4v) is 9.97. The van der Waals surface area contributed by atoms with Crippen LogP contribution in [0.1, 0.15) is 24.2 Å². The highest BCUT2D eigenvalue weighted by atomic mass is 32.2. The highest BCUT2D eigenvalue weighted by molar-refractivity contribution is 7.98. The van der Waals surface area contributed by atoms with Crippen molar-refractivity contribution in [3.8, 4) is 0 Å². The molecule has 166 valence electrons. The lowest BCUT2D eigenvalue weighted by Gasteiger charge is -2.34. The largest absolute Gasteiger partial charge is 0.289 e. The van der Waals surface area contributed by atoms with Crippen LogP contribution in [0, 0.1) is 5.92 Å². The molecule has 0 saturated heterocycles. The van der Waals surface area contributed by atoms with Crippen molar-refractivity contribution in [3.05, 3.63) is 121 Å². The van der Waals surface area contributed by atoms with E-state index in [1.165, 1.54) is 15.9 Å². The monoisotopic (exact) mass is 468 g/mol. The molecule has 0 aliphatic rings. The first-order chi connectivity index (χ1) is 16.1. The summed E-state index contributed by atoms with van der Waals surface area (Å²) >= 11 is 1.63. The average Bonchev–Trinajstić information content (AvgIpc) is 2.88. The summed E-state index contributed by atoms with van der Waals surface area (Å²) in [7, 11) is 0. The van der Waals surface area contributed by atoms with Gasteiger partial charge in [-0.05, 0) is 47.1 Å². The van der Waals surface area contributed by atoms with Gasteiger partial charge in [-0.25, -0.2) is 0 Å². The highest BCUT2D eigenvalue weighted by Crippen LogP contribution is 2.48. The minimum Gasteiger partial charge on any atom is -0.289 e. The Kier molecular flexibility index (Phi) is 7.38. The van der Waals surface area contributed by atoms with Crippen molar-refractivity contribution in [2.75, 3.05) is 6.26 Å². The summed E-state index contributed by atoms with van der Waals surface area (Å²) in [5.74, 6) is 0.223. The van der Waals surface area contributed by atoms with Gasteiger partial charge in [-0.15, -0.1) is 11.8 Å². The molecule has 0 bridgehead atoms. The molecule has 0 spiro atoms. The highest BCUT2D eigenvalue weighted by Gasteiger charge is 2.35. The van der Waals surface area contributed by atoms with Crippen molar-refractivity contribution in [1.82, 2.24) is 0 Å². The van der Waals surface area contributed by atoms with Crippen molar-refractivity contribution in [2.45, 2.75) is 18.7 Å². The van der Waals surface area contributed by atoms with Gasteiger partial charge in [0.05, 0.1) is 0 Å². The molecule has 0 aromatic heterocycles. The summed E-state index contributed by atoms with van der Waals surface area (Å²) < 4.78 is 0. The van der Waals surface area contributed by atoms with Crippen molar-refractivity contribution in [2.24, 2.45) is 5.92 Å². The average molecular weight is 469 g/mol. The van der Waals surface area contributed by atoms with E-state index < -0.39 is 6.89 Å². The fraction of sp³-hybridized carbons (Fsp3) is 0.133. The zero-order chi connectivity index (χ0) is 23.3. The first kappa shape index (κ1) is 23.4. The number of Topliss-reactive ketones (excluding diaryl/α,β-unsaturated/α-hetero) is 1. The molecular formula is C30H29OPS. The molecule has 0 saturated carbocycles. The van der Waals surface area contributed by atoms with Gasteiger partial charge in [0.15, 0.2) is 5.78 Å². The molecule has 0 N–H and O–H groups in total.